The van der Waals surface area contributed by atoms with Crippen molar-refractivity contribution in [2.75, 3.05) is 0 Å². The summed E-state index contributed by atoms with van der Waals surface area (Å²) in [6.45, 7) is 0. The molecule has 0 spiro atoms. The molecule has 0 amide bonds. The molecule has 4 nitrogen and oxygen atoms in total. The molecular formula is C25H17ClF3NO3S. The van der Waals surface area contributed by atoms with Gasteiger partial charge in [-0.3, -0.25) is 0 Å². The summed E-state index contributed by atoms with van der Waals surface area (Å²) in [5.41, 5.74) is 3.47. The topological polar surface area (TPSA) is 59.4 Å². The zero-order chi connectivity index (χ0) is 24.3. The van der Waals surface area contributed by atoms with Crippen molar-refractivity contribution in [1.82, 2.24) is 4.98 Å². The van der Waals surface area contributed by atoms with Gasteiger partial charge in [0, 0.05) is 21.9 Å². The third kappa shape index (κ3) is 5.95. The lowest BCUT2D eigenvalue weighted by molar-refractivity contribution is -0.274. The fraction of sp³-hybridized carbons (Fsp3) is 0.120. The van der Waals surface area contributed by atoms with Gasteiger partial charge >= 0.3 is 12.3 Å². The number of hydrogen-bond donors (Lipinski definition) is 1. The van der Waals surface area contributed by atoms with Crippen LogP contribution >= 0.6 is 22.9 Å². The highest BCUT2D eigenvalue weighted by Crippen LogP contribution is 2.34. The van der Waals surface area contributed by atoms with Gasteiger partial charge in [0.1, 0.15) is 10.8 Å². The Balaban J connectivity index is 1.65. The Bertz CT molecular complexity index is 1270. The van der Waals surface area contributed by atoms with Crippen LogP contribution in [-0.2, 0) is 6.42 Å². The summed E-state index contributed by atoms with van der Waals surface area (Å²) >= 11 is 7.43. The normalized spacial score (nSPS) is 12.4. The van der Waals surface area contributed by atoms with E-state index in [-0.39, 0.29) is 17.2 Å². The molecule has 0 bridgehead atoms. The number of aromatic nitrogens is 1. The summed E-state index contributed by atoms with van der Waals surface area (Å²) < 4.78 is 41.4. The van der Waals surface area contributed by atoms with Crippen molar-refractivity contribution in [2.45, 2.75) is 18.7 Å². The second-order valence-electron chi connectivity index (χ2n) is 7.45. The molecule has 0 saturated heterocycles. The maximum Gasteiger partial charge on any atom is 0.573 e. The Hall–Kier alpha value is -3.36. The molecule has 0 radical (unpaired) electrons. The second-order valence-corrected chi connectivity index (χ2v) is 8.78. The fourth-order valence-corrected chi connectivity index (χ4v) is 4.55. The van der Waals surface area contributed by atoms with E-state index in [4.69, 9.17) is 16.6 Å². The summed E-state index contributed by atoms with van der Waals surface area (Å²) in [5, 5.41) is 12.6. The first-order chi connectivity index (χ1) is 16.2. The molecule has 4 aromatic rings. The van der Waals surface area contributed by atoms with Crippen LogP contribution in [0.25, 0.3) is 11.3 Å². The van der Waals surface area contributed by atoms with E-state index in [2.05, 4.69) is 4.74 Å². The van der Waals surface area contributed by atoms with E-state index >= 15 is 0 Å². The largest absolute Gasteiger partial charge is 0.573 e. The zero-order valence-electron chi connectivity index (χ0n) is 17.4. The molecule has 1 unspecified atom stereocenters. The number of carboxylic acids is 1. The van der Waals surface area contributed by atoms with E-state index in [1.54, 1.807) is 36.4 Å². The van der Waals surface area contributed by atoms with Crippen molar-refractivity contribution in [3.63, 3.8) is 0 Å². The van der Waals surface area contributed by atoms with Gasteiger partial charge in [0.25, 0.3) is 0 Å². The number of carbonyl (C=O) groups is 1. The van der Waals surface area contributed by atoms with Crippen molar-refractivity contribution in [1.29, 1.82) is 0 Å². The van der Waals surface area contributed by atoms with Crippen LogP contribution in [0.4, 0.5) is 13.2 Å². The first kappa shape index (κ1) is 23.8. The minimum atomic E-state index is -4.76. The van der Waals surface area contributed by atoms with Crippen molar-refractivity contribution >= 4 is 28.9 Å². The Labute approximate surface area is 202 Å². The molecule has 1 N–H and O–H groups in total. The minimum absolute atomic E-state index is 0.164. The van der Waals surface area contributed by atoms with Gasteiger partial charge in [-0.15, -0.1) is 24.5 Å². The van der Waals surface area contributed by atoms with Crippen LogP contribution in [0.15, 0.2) is 78.2 Å². The molecule has 0 saturated carbocycles. The maximum absolute atomic E-state index is 12.5. The molecule has 0 fully saturated rings. The predicted octanol–water partition coefficient (Wildman–Crippen LogP) is 7.43. The lowest BCUT2D eigenvalue weighted by Crippen LogP contribution is -2.17. The summed E-state index contributed by atoms with van der Waals surface area (Å²) in [5.74, 6) is -1.55. The molecule has 0 aliphatic heterocycles. The summed E-state index contributed by atoms with van der Waals surface area (Å²) in [7, 11) is 0. The Morgan fingerprint density at radius 3 is 2.24 bits per heavy atom. The quantitative estimate of drug-likeness (QED) is 0.285. The van der Waals surface area contributed by atoms with E-state index in [9.17, 15) is 23.1 Å². The Morgan fingerprint density at radius 2 is 1.65 bits per heavy atom. The van der Waals surface area contributed by atoms with Crippen molar-refractivity contribution < 1.29 is 27.8 Å². The van der Waals surface area contributed by atoms with Crippen molar-refractivity contribution in [2.24, 2.45) is 0 Å². The highest BCUT2D eigenvalue weighted by atomic mass is 35.5. The summed E-state index contributed by atoms with van der Waals surface area (Å²) in [4.78, 5) is 16.0. The summed E-state index contributed by atoms with van der Waals surface area (Å²) in [6.07, 6.45) is -4.30. The van der Waals surface area contributed by atoms with Crippen LogP contribution in [0.3, 0.4) is 0 Å². The molecule has 9 heteroatoms. The third-order valence-electron chi connectivity index (χ3n) is 5.12. The number of halogens is 4. The number of alkyl halides is 3. The van der Waals surface area contributed by atoms with Crippen molar-refractivity contribution in [3.8, 4) is 17.0 Å². The monoisotopic (exact) mass is 503 g/mol. The van der Waals surface area contributed by atoms with Gasteiger partial charge in [-0.2, -0.15) is 0 Å². The zero-order valence-corrected chi connectivity index (χ0v) is 19.0. The van der Waals surface area contributed by atoms with Gasteiger partial charge in [0.2, 0.25) is 0 Å². The number of aromatic carboxylic acids is 1. The number of nitrogens with zero attached hydrogens (tertiary/aromatic N) is 1. The van der Waals surface area contributed by atoms with Crippen LogP contribution in [0.2, 0.25) is 5.02 Å². The van der Waals surface area contributed by atoms with E-state index in [1.807, 2.05) is 17.5 Å². The highest BCUT2D eigenvalue weighted by molar-refractivity contribution is 7.10. The molecule has 174 valence electrons. The smallest absolute Gasteiger partial charge is 0.478 e. The molecular weight excluding hydrogens is 487 g/mol. The van der Waals surface area contributed by atoms with E-state index in [0.717, 1.165) is 27.4 Å². The van der Waals surface area contributed by atoms with Crippen molar-refractivity contribution in [3.05, 3.63) is 105 Å². The van der Waals surface area contributed by atoms with Gasteiger partial charge in [0.15, 0.2) is 0 Å². The lowest BCUT2D eigenvalue weighted by Gasteiger charge is -2.16. The molecule has 34 heavy (non-hydrogen) atoms. The number of ether oxygens (including phenoxy) is 1. The number of rotatable bonds is 7. The van der Waals surface area contributed by atoms with E-state index in [1.165, 1.54) is 35.6 Å². The minimum Gasteiger partial charge on any atom is -0.478 e. The standard InChI is InChI=1S/C25H17ClF3NO3S/c26-19-9-7-17(8-10-19)22-14-34-23(30-22)21(16-3-5-18(6-4-16)24(31)32)13-15-1-11-20(12-2-15)33-25(27,28)29/h1-12,14,21H,13H2,(H,31,32). The molecule has 0 aliphatic carbocycles. The van der Waals surface area contributed by atoms with Crippen LogP contribution in [0.5, 0.6) is 5.75 Å². The second kappa shape index (κ2) is 9.87. The molecule has 0 aliphatic rings. The molecule has 1 heterocycles. The molecule has 4 rings (SSSR count). The molecule has 3 aromatic carbocycles. The first-order valence-electron chi connectivity index (χ1n) is 10.1. The Morgan fingerprint density at radius 1 is 1.00 bits per heavy atom. The SMILES string of the molecule is O=C(O)c1ccc(C(Cc2ccc(OC(F)(F)F)cc2)c2nc(-c3ccc(Cl)cc3)cs2)cc1. The summed E-state index contributed by atoms with van der Waals surface area (Å²) in [6, 6.07) is 19.5. The van der Waals surface area contributed by atoms with Crippen LogP contribution in [-0.4, -0.2) is 22.4 Å². The van der Waals surface area contributed by atoms with E-state index in [0.29, 0.717) is 11.4 Å². The number of thiazole rings is 1. The molecule has 1 atom stereocenters. The maximum atomic E-state index is 12.5. The van der Waals surface area contributed by atoms with Crippen LogP contribution in [0.1, 0.15) is 32.4 Å². The number of carboxylic acid groups (broad SMARTS) is 1. The number of hydrogen-bond acceptors (Lipinski definition) is 4. The van der Waals surface area contributed by atoms with E-state index < -0.39 is 12.3 Å². The number of benzene rings is 3. The third-order valence-corrected chi connectivity index (χ3v) is 6.33. The van der Waals surface area contributed by atoms with Crippen LogP contribution in [0, 0.1) is 0 Å². The lowest BCUT2D eigenvalue weighted by atomic mass is 9.91. The van der Waals surface area contributed by atoms with Gasteiger partial charge < -0.3 is 9.84 Å². The highest BCUT2D eigenvalue weighted by Gasteiger charge is 2.31. The molecule has 1 aromatic heterocycles. The van der Waals surface area contributed by atoms with Gasteiger partial charge in [0.05, 0.1) is 11.3 Å². The fourth-order valence-electron chi connectivity index (χ4n) is 3.47. The predicted molar refractivity (Wildman–Crippen MR) is 125 cm³/mol. The van der Waals surface area contributed by atoms with Crippen LogP contribution < -0.4 is 4.74 Å². The average Bonchev–Trinajstić information content (AvgIpc) is 3.28. The van der Waals surface area contributed by atoms with Gasteiger partial charge in [-0.25, -0.2) is 9.78 Å². The first-order valence-corrected chi connectivity index (χ1v) is 11.3. The Kier molecular flexibility index (Phi) is 6.90. The average molecular weight is 504 g/mol. The van der Waals surface area contributed by atoms with Gasteiger partial charge in [-0.1, -0.05) is 48.0 Å². The van der Waals surface area contributed by atoms with Gasteiger partial charge in [-0.05, 0) is 53.9 Å².